The highest BCUT2D eigenvalue weighted by molar-refractivity contribution is 9.10. The van der Waals surface area contributed by atoms with Gasteiger partial charge < -0.3 is 14.8 Å². The molecule has 0 spiro atoms. The number of carbonyl (C=O) groups excluding carboxylic acids is 4. The van der Waals surface area contributed by atoms with Crippen molar-refractivity contribution in [1.82, 2.24) is 10.6 Å². The molecule has 2 aromatic carbocycles. The molecule has 0 unspecified atom stereocenters. The van der Waals surface area contributed by atoms with Crippen LogP contribution in [0.1, 0.15) is 5.56 Å². The van der Waals surface area contributed by atoms with E-state index in [2.05, 4.69) is 21.2 Å². The van der Waals surface area contributed by atoms with Gasteiger partial charge in [0, 0.05) is 5.69 Å². The van der Waals surface area contributed by atoms with Crippen LogP contribution in [0.25, 0.3) is 6.08 Å². The number of benzene rings is 2. The summed E-state index contributed by atoms with van der Waals surface area (Å²) in [6, 6.07) is 10.8. The number of rotatable bonds is 6. The second-order valence-corrected chi connectivity index (χ2v) is 6.90. The summed E-state index contributed by atoms with van der Waals surface area (Å²) >= 11 is 3.33. The molecule has 2 aromatic rings. The number of anilines is 1. The van der Waals surface area contributed by atoms with E-state index in [-0.39, 0.29) is 18.1 Å². The van der Waals surface area contributed by atoms with E-state index in [4.69, 9.17) is 9.47 Å². The Kier molecular flexibility index (Phi) is 6.48. The fourth-order valence-corrected chi connectivity index (χ4v) is 3.02. The highest BCUT2D eigenvalue weighted by Crippen LogP contribution is 2.27. The Morgan fingerprint density at radius 1 is 1.07 bits per heavy atom. The van der Waals surface area contributed by atoms with E-state index in [9.17, 15) is 19.2 Å². The molecule has 10 heteroatoms. The van der Waals surface area contributed by atoms with Gasteiger partial charge in [-0.2, -0.15) is 0 Å². The number of imide groups is 2. The molecule has 154 valence electrons. The number of hydrogen-bond donors (Lipinski definition) is 3. The summed E-state index contributed by atoms with van der Waals surface area (Å²) in [6.07, 6.45) is 1.34. The lowest BCUT2D eigenvalue weighted by atomic mass is 10.1. The van der Waals surface area contributed by atoms with Crippen LogP contribution in [0.3, 0.4) is 0 Å². The van der Waals surface area contributed by atoms with Crippen LogP contribution in [0.2, 0.25) is 0 Å². The monoisotopic (exact) mass is 473 g/mol. The van der Waals surface area contributed by atoms with Crippen LogP contribution >= 0.6 is 15.9 Å². The van der Waals surface area contributed by atoms with Crippen molar-refractivity contribution >= 4 is 51.4 Å². The molecule has 3 rings (SSSR count). The first kappa shape index (κ1) is 21.1. The number of halogens is 1. The van der Waals surface area contributed by atoms with E-state index in [0.29, 0.717) is 27.2 Å². The molecule has 1 aliphatic rings. The third-order valence-corrected chi connectivity index (χ3v) is 4.56. The van der Waals surface area contributed by atoms with Gasteiger partial charge in [-0.15, -0.1) is 0 Å². The molecule has 1 aliphatic heterocycles. The van der Waals surface area contributed by atoms with Crippen molar-refractivity contribution in [2.45, 2.75) is 0 Å². The zero-order valence-electron chi connectivity index (χ0n) is 15.7. The van der Waals surface area contributed by atoms with Gasteiger partial charge in [-0.3, -0.25) is 25.0 Å². The molecule has 3 N–H and O–H groups in total. The van der Waals surface area contributed by atoms with Gasteiger partial charge in [-0.25, -0.2) is 4.79 Å². The molecule has 9 nitrogen and oxygen atoms in total. The number of amides is 5. The molecule has 30 heavy (non-hydrogen) atoms. The number of carbonyl (C=O) groups is 4. The number of methoxy groups -OCH3 is 1. The highest BCUT2D eigenvalue weighted by atomic mass is 79.9. The molecule has 1 heterocycles. The van der Waals surface area contributed by atoms with Crippen LogP contribution in [0.5, 0.6) is 11.5 Å². The van der Waals surface area contributed by atoms with Crippen molar-refractivity contribution in [3.63, 3.8) is 0 Å². The van der Waals surface area contributed by atoms with E-state index in [1.54, 1.807) is 49.6 Å². The third kappa shape index (κ3) is 5.23. The van der Waals surface area contributed by atoms with Crippen LogP contribution in [0.15, 0.2) is 52.5 Å². The fourth-order valence-electron chi connectivity index (χ4n) is 2.51. The maximum absolute atomic E-state index is 12.1. The third-order valence-electron chi connectivity index (χ3n) is 3.94. The molecular formula is C20H16BrN3O6. The first-order valence-electron chi connectivity index (χ1n) is 8.60. The predicted molar refractivity (Wildman–Crippen MR) is 111 cm³/mol. The minimum Gasteiger partial charge on any atom is -0.497 e. The second kappa shape index (κ2) is 9.23. The van der Waals surface area contributed by atoms with Crippen molar-refractivity contribution in [2.24, 2.45) is 0 Å². The Bertz CT molecular complexity index is 1030. The van der Waals surface area contributed by atoms with E-state index in [1.165, 1.54) is 6.08 Å². The largest absolute Gasteiger partial charge is 0.497 e. The van der Waals surface area contributed by atoms with Gasteiger partial charge >= 0.3 is 6.03 Å². The quantitative estimate of drug-likeness (QED) is 0.436. The van der Waals surface area contributed by atoms with Crippen LogP contribution in [0.4, 0.5) is 10.5 Å². The Morgan fingerprint density at radius 2 is 1.73 bits per heavy atom. The van der Waals surface area contributed by atoms with Crippen molar-refractivity contribution in [3.8, 4) is 11.5 Å². The zero-order chi connectivity index (χ0) is 21.7. The normalized spacial score (nSPS) is 13.3. The Hall–Kier alpha value is -3.66. The minimum atomic E-state index is -0.861. The van der Waals surface area contributed by atoms with Gasteiger partial charge in [0.2, 0.25) is 0 Å². The number of hydrogen-bond acceptors (Lipinski definition) is 6. The molecule has 0 aromatic heterocycles. The summed E-state index contributed by atoms with van der Waals surface area (Å²) in [7, 11) is 1.56. The molecule has 1 fully saturated rings. The molecule has 0 atom stereocenters. The minimum absolute atomic E-state index is 0.200. The summed E-state index contributed by atoms with van der Waals surface area (Å²) in [6.45, 7) is -0.224. The first-order valence-corrected chi connectivity index (χ1v) is 9.39. The van der Waals surface area contributed by atoms with Gasteiger partial charge in [-0.1, -0.05) is 6.07 Å². The van der Waals surface area contributed by atoms with Gasteiger partial charge in [-0.05, 0) is 64.0 Å². The number of nitrogens with one attached hydrogen (secondary N) is 3. The van der Waals surface area contributed by atoms with Crippen molar-refractivity contribution in [2.75, 3.05) is 19.0 Å². The average molecular weight is 474 g/mol. The summed E-state index contributed by atoms with van der Waals surface area (Å²) < 4.78 is 11.1. The maximum atomic E-state index is 12.1. The maximum Gasteiger partial charge on any atom is 0.328 e. The standard InChI is InChI=1S/C20H16BrN3O6/c1-29-13-5-3-12(4-6-13)22-17(25)10-30-16-7-2-11(9-15(16)21)8-14-18(26)23-20(28)24-19(14)27/h2-9H,10H2,1H3,(H,22,25)(H2,23,24,26,27,28). The van der Waals surface area contributed by atoms with E-state index >= 15 is 0 Å². The average Bonchev–Trinajstić information content (AvgIpc) is 2.70. The summed E-state index contributed by atoms with van der Waals surface area (Å²) in [5.74, 6) is -0.836. The zero-order valence-corrected chi connectivity index (χ0v) is 17.2. The summed E-state index contributed by atoms with van der Waals surface area (Å²) in [4.78, 5) is 46.7. The van der Waals surface area contributed by atoms with E-state index < -0.39 is 17.8 Å². The second-order valence-electron chi connectivity index (χ2n) is 6.05. The number of ether oxygens (including phenoxy) is 2. The Labute approximate surface area is 179 Å². The lowest BCUT2D eigenvalue weighted by Gasteiger charge is -2.14. The van der Waals surface area contributed by atoms with E-state index in [0.717, 1.165) is 0 Å². The summed E-state index contributed by atoms with van der Waals surface area (Å²) in [5.41, 5.74) is 0.925. The predicted octanol–water partition coefficient (Wildman–Crippen LogP) is 2.22. The molecule has 0 aliphatic carbocycles. The van der Waals surface area contributed by atoms with Gasteiger partial charge in [0.15, 0.2) is 6.61 Å². The van der Waals surface area contributed by atoms with E-state index in [1.807, 2.05) is 10.6 Å². The van der Waals surface area contributed by atoms with Crippen molar-refractivity contribution in [1.29, 1.82) is 0 Å². The van der Waals surface area contributed by atoms with Crippen molar-refractivity contribution in [3.05, 3.63) is 58.1 Å². The topological polar surface area (TPSA) is 123 Å². The molecule has 1 saturated heterocycles. The van der Waals surface area contributed by atoms with Crippen LogP contribution in [-0.4, -0.2) is 37.5 Å². The Morgan fingerprint density at radius 3 is 2.33 bits per heavy atom. The fraction of sp³-hybridized carbons (Fsp3) is 0.100. The smallest absolute Gasteiger partial charge is 0.328 e. The Balaban J connectivity index is 1.62. The van der Waals surface area contributed by atoms with Crippen LogP contribution in [-0.2, 0) is 14.4 Å². The summed E-state index contributed by atoms with van der Waals surface area (Å²) in [5, 5.41) is 6.70. The molecule has 5 amide bonds. The van der Waals surface area contributed by atoms with Crippen molar-refractivity contribution < 1.29 is 28.7 Å². The lowest BCUT2D eigenvalue weighted by Crippen LogP contribution is -2.51. The molecule has 0 radical (unpaired) electrons. The molecule has 0 saturated carbocycles. The first-order chi connectivity index (χ1) is 14.4. The number of barbiturate groups is 1. The van der Waals surface area contributed by atoms with Crippen LogP contribution in [0, 0.1) is 0 Å². The molecular weight excluding hydrogens is 458 g/mol. The SMILES string of the molecule is COc1ccc(NC(=O)COc2ccc(C=C3C(=O)NC(=O)NC3=O)cc2Br)cc1. The lowest BCUT2D eigenvalue weighted by molar-refractivity contribution is -0.124. The van der Waals surface area contributed by atoms with Gasteiger partial charge in [0.1, 0.15) is 17.1 Å². The number of urea groups is 1. The highest BCUT2D eigenvalue weighted by Gasteiger charge is 2.27. The van der Waals surface area contributed by atoms with Gasteiger partial charge in [0.25, 0.3) is 17.7 Å². The van der Waals surface area contributed by atoms with Crippen LogP contribution < -0.4 is 25.4 Å². The van der Waals surface area contributed by atoms with Gasteiger partial charge in [0.05, 0.1) is 11.6 Å². The molecule has 0 bridgehead atoms.